The zero-order valence-corrected chi connectivity index (χ0v) is 19.1. The highest BCUT2D eigenvalue weighted by molar-refractivity contribution is 7.89. The number of piperidine rings is 1. The number of ether oxygens (including phenoxy) is 2. The molecule has 0 aromatic heterocycles. The van der Waals surface area contributed by atoms with E-state index in [1.54, 1.807) is 25.7 Å². The maximum absolute atomic E-state index is 12.8. The first-order valence-electron chi connectivity index (χ1n) is 10.3. The van der Waals surface area contributed by atoms with Gasteiger partial charge in [0.05, 0.1) is 12.7 Å². The van der Waals surface area contributed by atoms with Gasteiger partial charge in [0.25, 0.3) is 5.91 Å². The van der Waals surface area contributed by atoms with Crippen LogP contribution in [0.3, 0.4) is 0 Å². The van der Waals surface area contributed by atoms with Crippen LogP contribution in [-0.2, 0) is 19.6 Å². The molecule has 0 saturated carbocycles. The Hall–Kier alpha value is -2.13. The van der Waals surface area contributed by atoms with Crippen LogP contribution in [0, 0.1) is 0 Å². The Labute approximate surface area is 179 Å². The van der Waals surface area contributed by atoms with Crippen molar-refractivity contribution in [2.75, 3.05) is 13.7 Å². The first-order valence-corrected chi connectivity index (χ1v) is 11.8. The van der Waals surface area contributed by atoms with E-state index in [1.807, 2.05) is 6.92 Å². The molecule has 1 aromatic carbocycles. The predicted octanol–water partition coefficient (Wildman–Crippen LogP) is 2.72. The minimum absolute atomic E-state index is 0.0327. The molecule has 0 bridgehead atoms. The molecule has 1 fully saturated rings. The second-order valence-corrected chi connectivity index (χ2v) is 9.46. The first kappa shape index (κ1) is 24.1. The van der Waals surface area contributed by atoms with E-state index in [0.29, 0.717) is 6.54 Å². The molecule has 1 N–H and O–H groups in total. The van der Waals surface area contributed by atoms with Gasteiger partial charge in [-0.1, -0.05) is 6.92 Å². The number of nitrogens with one attached hydrogen (secondary N) is 1. The van der Waals surface area contributed by atoms with Gasteiger partial charge >= 0.3 is 5.97 Å². The van der Waals surface area contributed by atoms with Crippen LogP contribution in [0.2, 0.25) is 0 Å². The smallest absolute Gasteiger partial charge is 0.338 e. The van der Waals surface area contributed by atoms with E-state index in [1.165, 1.54) is 25.3 Å². The van der Waals surface area contributed by atoms with Crippen LogP contribution >= 0.6 is 0 Å². The van der Waals surface area contributed by atoms with Gasteiger partial charge in [-0.2, -0.15) is 0 Å². The average molecular weight is 441 g/mol. The highest BCUT2D eigenvalue weighted by atomic mass is 32.2. The molecule has 30 heavy (non-hydrogen) atoms. The summed E-state index contributed by atoms with van der Waals surface area (Å²) in [6, 6.07) is 3.85. The van der Waals surface area contributed by atoms with E-state index in [2.05, 4.69) is 4.72 Å². The number of carbonyl (C=O) groups is 2. The van der Waals surface area contributed by atoms with Crippen molar-refractivity contribution in [1.82, 2.24) is 9.62 Å². The van der Waals surface area contributed by atoms with Crippen LogP contribution < -0.4 is 9.46 Å². The molecule has 1 aliphatic rings. The Balaban J connectivity index is 2.20. The van der Waals surface area contributed by atoms with Crippen molar-refractivity contribution < 1.29 is 27.5 Å². The van der Waals surface area contributed by atoms with E-state index in [9.17, 15) is 18.0 Å². The van der Waals surface area contributed by atoms with E-state index in [0.717, 1.165) is 25.7 Å². The summed E-state index contributed by atoms with van der Waals surface area (Å²) in [5, 5.41) is 0. The van der Waals surface area contributed by atoms with Gasteiger partial charge < -0.3 is 14.4 Å². The first-order chi connectivity index (χ1) is 14.1. The van der Waals surface area contributed by atoms with Gasteiger partial charge in [-0.3, -0.25) is 4.79 Å². The van der Waals surface area contributed by atoms with Crippen LogP contribution in [0.25, 0.3) is 0 Å². The van der Waals surface area contributed by atoms with Crippen LogP contribution in [0.15, 0.2) is 23.1 Å². The van der Waals surface area contributed by atoms with Crippen molar-refractivity contribution in [3.8, 4) is 5.75 Å². The molecular formula is C21H32N2O6S. The highest BCUT2D eigenvalue weighted by Crippen LogP contribution is 2.26. The number of hydrogen-bond acceptors (Lipinski definition) is 6. The molecule has 168 valence electrons. The number of likely N-dealkylation sites (tertiary alicyclic amines) is 1. The summed E-state index contributed by atoms with van der Waals surface area (Å²) < 4.78 is 38.2. The zero-order chi connectivity index (χ0) is 22.5. The lowest BCUT2D eigenvalue weighted by atomic mass is 9.99. The predicted molar refractivity (Wildman–Crippen MR) is 113 cm³/mol. The lowest BCUT2D eigenvalue weighted by Crippen LogP contribution is -2.48. The van der Waals surface area contributed by atoms with Gasteiger partial charge in [-0.05, 0) is 64.7 Å². The second-order valence-electron chi connectivity index (χ2n) is 7.78. The van der Waals surface area contributed by atoms with Crippen molar-refractivity contribution in [3.05, 3.63) is 23.8 Å². The fraction of sp³-hybridized carbons (Fsp3) is 0.619. The Morgan fingerprint density at radius 2 is 1.93 bits per heavy atom. The maximum atomic E-state index is 12.8. The van der Waals surface area contributed by atoms with Gasteiger partial charge in [0, 0.05) is 18.6 Å². The molecule has 1 aromatic rings. The van der Waals surface area contributed by atoms with Gasteiger partial charge in [0.1, 0.15) is 10.6 Å². The lowest BCUT2D eigenvalue weighted by molar-refractivity contribution is -0.143. The monoisotopic (exact) mass is 440 g/mol. The van der Waals surface area contributed by atoms with Gasteiger partial charge in [-0.15, -0.1) is 0 Å². The largest absolute Gasteiger partial charge is 0.495 e. The number of hydrogen-bond donors (Lipinski definition) is 1. The van der Waals surface area contributed by atoms with Crippen molar-refractivity contribution in [2.45, 2.75) is 76.5 Å². The second kappa shape index (κ2) is 10.3. The Morgan fingerprint density at radius 1 is 1.23 bits per heavy atom. The van der Waals surface area contributed by atoms with Crippen molar-refractivity contribution in [3.63, 3.8) is 0 Å². The van der Waals surface area contributed by atoms with Gasteiger partial charge in [0.2, 0.25) is 10.0 Å². The fourth-order valence-electron chi connectivity index (χ4n) is 3.62. The quantitative estimate of drug-likeness (QED) is 0.624. The molecule has 0 spiro atoms. The molecule has 2 rings (SSSR count). The molecule has 1 saturated heterocycles. The zero-order valence-electron chi connectivity index (χ0n) is 18.3. The lowest BCUT2D eigenvalue weighted by Gasteiger charge is -2.36. The van der Waals surface area contributed by atoms with Crippen molar-refractivity contribution in [1.29, 1.82) is 0 Å². The SMILES string of the molecule is CCC1CCCCN1C(=O)C(C)OC(=O)c1ccc(OC)c(S(=O)(=O)NC(C)C)c1. The fourth-order valence-corrected chi connectivity index (χ4v) is 5.06. The van der Waals surface area contributed by atoms with Gasteiger partial charge in [-0.25, -0.2) is 17.9 Å². The highest BCUT2D eigenvalue weighted by Gasteiger charge is 2.31. The minimum atomic E-state index is -3.89. The summed E-state index contributed by atoms with van der Waals surface area (Å²) in [6.45, 7) is 7.63. The summed E-state index contributed by atoms with van der Waals surface area (Å²) in [7, 11) is -2.54. The topological polar surface area (TPSA) is 102 Å². The minimum Gasteiger partial charge on any atom is -0.495 e. The number of rotatable bonds is 8. The number of carbonyl (C=O) groups excluding carboxylic acids is 2. The molecule has 0 aliphatic carbocycles. The maximum Gasteiger partial charge on any atom is 0.338 e. The van der Waals surface area contributed by atoms with E-state index >= 15 is 0 Å². The number of sulfonamides is 1. The summed E-state index contributed by atoms with van der Waals surface area (Å²) in [5.41, 5.74) is 0.0327. The van der Waals surface area contributed by atoms with Crippen molar-refractivity contribution >= 4 is 21.9 Å². The summed E-state index contributed by atoms with van der Waals surface area (Å²) in [4.78, 5) is 27.1. The third kappa shape index (κ3) is 5.72. The number of amides is 1. The van der Waals surface area contributed by atoms with E-state index < -0.39 is 22.1 Å². The number of methoxy groups -OCH3 is 1. The summed E-state index contributed by atoms with van der Waals surface area (Å²) in [5.74, 6) is -0.870. The molecule has 9 heteroatoms. The molecule has 8 nitrogen and oxygen atoms in total. The number of benzene rings is 1. The third-order valence-corrected chi connectivity index (χ3v) is 6.77. The van der Waals surface area contributed by atoms with Crippen LogP contribution in [-0.4, -0.2) is 57.0 Å². The normalized spacial score (nSPS) is 18.2. The Kier molecular flexibility index (Phi) is 8.25. The Bertz CT molecular complexity index is 868. The van der Waals surface area contributed by atoms with Crippen molar-refractivity contribution in [2.24, 2.45) is 0 Å². The molecule has 0 radical (unpaired) electrons. The molecule has 1 heterocycles. The molecule has 1 amide bonds. The summed E-state index contributed by atoms with van der Waals surface area (Å²) in [6.07, 6.45) is 2.87. The van der Waals surface area contributed by atoms with Crippen LogP contribution in [0.5, 0.6) is 5.75 Å². The molecular weight excluding hydrogens is 408 g/mol. The van der Waals surface area contributed by atoms with E-state index in [-0.39, 0.29) is 34.2 Å². The molecule has 2 unspecified atom stereocenters. The number of esters is 1. The average Bonchev–Trinajstić information content (AvgIpc) is 2.71. The van der Waals surface area contributed by atoms with E-state index in [4.69, 9.17) is 9.47 Å². The van der Waals surface area contributed by atoms with Crippen LogP contribution in [0.1, 0.15) is 63.7 Å². The van der Waals surface area contributed by atoms with Crippen LogP contribution in [0.4, 0.5) is 0 Å². The summed E-state index contributed by atoms with van der Waals surface area (Å²) >= 11 is 0. The third-order valence-electron chi connectivity index (χ3n) is 5.09. The Morgan fingerprint density at radius 3 is 2.53 bits per heavy atom. The number of nitrogens with zero attached hydrogens (tertiary/aromatic N) is 1. The molecule has 1 aliphatic heterocycles. The standard InChI is InChI=1S/C21H32N2O6S/c1-6-17-9-7-8-12-23(17)20(24)15(4)29-21(25)16-10-11-18(28-5)19(13-16)30(26,27)22-14(2)3/h10-11,13-15,17,22H,6-9,12H2,1-5H3. The van der Waals surface area contributed by atoms with Gasteiger partial charge in [0.15, 0.2) is 6.10 Å². The molecule has 2 atom stereocenters.